The first kappa shape index (κ1) is 17.3. The first-order chi connectivity index (χ1) is 9.53. The molecule has 0 aliphatic rings. The average Bonchev–Trinajstić information content (AvgIpc) is 2.41. The molecule has 1 unspecified atom stereocenters. The second-order valence-corrected chi connectivity index (χ2v) is 5.65. The Kier molecular flexibility index (Phi) is 8.02. The molecular formula is C14H20F3NOS. The van der Waals surface area contributed by atoms with Crippen LogP contribution in [0.15, 0.2) is 30.3 Å². The largest absolute Gasteiger partial charge is 0.396 e. The number of hydrogen-bond donors (Lipinski definition) is 2. The summed E-state index contributed by atoms with van der Waals surface area (Å²) in [6, 6.07) is 8.01. The molecule has 2 nitrogen and oxygen atoms in total. The highest BCUT2D eigenvalue weighted by Crippen LogP contribution is 2.29. The molecule has 0 spiro atoms. The second kappa shape index (κ2) is 9.26. The summed E-state index contributed by atoms with van der Waals surface area (Å²) in [5.74, 6) is 1.56. The van der Waals surface area contributed by atoms with Gasteiger partial charge in [-0.05, 0) is 17.7 Å². The van der Waals surface area contributed by atoms with Crippen molar-refractivity contribution in [3.05, 3.63) is 35.9 Å². The van der Waals surface area contributed by atoms with E-state index in [1.807, 2.05) is 0 Å². The lowest BCUT2D eigenvalue weighted by Crippen LogP contribution is -2.28. The van der Waals surface area contributed by atoms with Crippen molar-refractivity contribution < 1.29 is 18.3 Å². The molecule has 1 aromatic rings. The molecule has 2 N–H and O–H groups in total. The van der Waals surface area contributed by atoms with E-state index in [9.17, 15) is 13.2 Å². The summed E-state index contributed by atoms with van der Waals surface area (Å²) in [5, 5.41) is 11.6. The van der Waals surface area contributed by atoms with E-state index in [-0.39, 0.29) is 6.61 Å². The number of aliphatic hydroxyl groups excluding tert-OH is 1. The molecule has 0 fully saturated rings. The van der Waals surface area contributed by atoms with E-state index in [2.05, 4.69) is 5.32 Å². The van der Waals surface area contributed by atoms with Gasteiger partial charge in [-0.1, -0.05) is 30.3 Å². The Morgan fingerprint density at radius 2 is 1.85 bits per heavy atom. The third kappa shape index (κ3) is 7.77. The quantitative estimate of drug-likeness (QED) is 0.686. The van der Waals surface area contributed by atoms with E-state index in [4.69, 9.17) is 5.11 Å². The highest BCUT2D eigenvalue weighted by molar-refractivity contribution is 7.99. The monoisotopic (exact) mass is 307 g/mol. The van der Waals surface area contributed by atoms with Crippen LogP contribution in [0.25, 0.3) is 0 Å². The van der Waals surface area contributed by atoms with Crippen LogP contribution in [-0.2, 0) is 0 Å². The van der Waals surface area contributed by atoms with Crippen molar-refractivity contribution in [3.8, 4) is 0 Å². The van der Waals surface area contributed by atoms with Gasteiger partial charge in [0.15, 0.2) is 0 Å². The fourth-order valence-corrected chi connectivity index (χ4v) is 2.60. The first-order valence-electron chi connectivity index (χ1n) is 6.56. The molecule has 114 valence electrons. The lowest BCUT2D eigenvalue weighted by Gasteiger charge is -2.20. The van der Waals surface area contributed by atoms with E-state index < -0.39 is 18.6 Å². The van der Waals surface area contributed by atoms with Crippen molar-refractivity contribution in [2.45, 2.75) is 25.1 Å². The van der Waals surface area contributed by atoms with Gasteiger partial charge in [0.25, 0.3) is 0 Å². The van der Waals surface area contributed by atoms with Gasteiger partial charge in [-0.15, -0.1) is 0 Å². The molecule has 0 bridgehead atoms. The summed E-state index contributed by atoms with van der Waals surface area (Å²) >= 11 is 1.63. The van der Waals surface area contributed by atoms with Gasteiger partial charge in [0, 0.05) is 24.9 Å². The van der Waals surface area contributed by atoms with Crippen molar-refractivity contribution in [1.29, 1.82) is 0 Å². The molecule has 0 aliphatic carbocycles. The highest BCUT2D eigenvalue weighted by atomic mass is 32.2. The number of thioether (sulfide) groups is 1. The molecule has 0 aliphatic heterocycles. The molecule has 1 atom stereocenters. The predicted molar refractivity (Wildman–Crippen MR) is 76.9 cm³/mol. The fourth-order valence-electron chi connectivity index (χ4n) is 1.80. The maximum atomic E-state index is 12.6. The molecule has 1 aromatic carbocycles. The number of nitrogens with one attached hydrogen (secondary N) is 1. The Balaban J connectivity index is 2.43. The Morgan fingerprint density at radius 3 is 2.45 bits per heavy atom. The van der Waals surface area contributed by atoms with Crippen LogP contribution in [0.5, 0.6) is 0 Å². The molecule has 0 saturated heterocycles. The van der Waals surface area contributed by atoms with Gasteiger partial charge in [-0.3, -0.25) is 0 Å². The Labute approximate surface area is 121 Å². The number of rotatable bonds is 9. The number of alkyl halides is 3. The van der Waals surface area contributed by atoms with Crippen LogP contribution < -0.4 is 5.32 Å². The van der Waals surface area contributed by atoms with Crippen molar-refractivity contribution in [2.75, 3.05) is 24.7 Å². The number of hydrogen-bond acceptors (Lipinski definition) is 3. The van der Waals surface area contributed by atoms with Crippen molar-refractivity contribution in [2.24, 2.45) is 0 Å². The minimum absolute atomic E-state index is 0.154. The van der Waals surface area contributed by atoms with E-state index in [1.54, 1.807) is 42.1 Å². The summed E-state index contributed by atoms with van der Waals surface area (Å²) in [5.41, 5.74) is 0.658. The number of benzene rings is 1. The van der Waals surface area contributed by atoms with Gasteiger partial charge in [-0.25, -0.2) is 0 Å². The van der Waals surface area contributed by atoms with Gasteiger partial charge in [0.2, 0.25) is 0 Å². The SMILES string of the molecule is OCCCSCCNC(CC(F)(F)F)c1ccccc1. The molecule has 0 heterocycles. The van der Waals surface area contributed by atoms with Gasteiger partial charge in [-0.2, -0.15) is 24.9 Å². The maximum Gasteiger partial charge on any atom is 0.390 e. The van der Waals surface area contributed by atoms with E-state index >= 15 is 0 Å². The topological polar surface area (TPSA) is 32.3 Å². The third-order valence-corrected chi connectivity index (χ3v) is 3.79. The van der Waals surface area contributed by atoms with Crippen molar-refractivity contribution in [3.63, 3.8) is 0 Å². The van der Waals surface area contributed by atoms with Crippen LogP contribution in [0, 0.1) is 0 Å². The average molecular weight is 307 g/mol. The van der Waals surface area contributed by atoms with Crippen LogP contribution in [0.4, 0.5) is 13.2 Å². The first-order valence-corrected chi connectivity index (χ1v) is 7.72. The number of halogens is 3. The predicted octanol–water partition coefficient (Wildman–Crippen LogP) is 3.39. The van der Waals surface area contributed by atoms with E-state index in [1.165, 1.54) is 0 Å². The van der Waals surface area contributed by atoms with E-state index in [0.717, 1.165) is 17.9 Å². The van der Waals surface area contributed by atoms with Crippen molar-refractivity contribution >= 4 is 11.8 Å². The van der Waals surface area contributed by atoms with Crippen LogP contribution in [0.1, 0.15) is 24.4 Å². The maximum absolute atomic E-state index is 12.6. The fraction of sp³-hybridized carbons (Fsp3) is 0.571. The lowest BCUT2D eigenvalue weighted by molar-refractivity contribution is -0.140. The molecular weight excluding hydrogens is 287 g/mol. The molecule has 20 heavy (non-hydrogen) atoms. The lowest BCUT2D eigenvalue weighted by atomic mass is 10.0. The number of aliphatic hydroxyl groups is 1. The van der Waals surface area contributed by atoms with Gasteiger partial charge < -0.3 is 10.4 Å². The van der Waals surface area contributed by atoms with Gasteiger partial charge in [0.1, 0.15) is 0 Å². The summed E-state index contributed by atoms with van der Waals surface area (Å²) in [7, 11) is 0. The van der Waals surface area contributed by atoms with Crippen LogP contribution in [0.3, 0.4) is 0 Å². The summed E-state index contributed by atoms with van der Waals surface area (Å²) in [4.78, 5) is 0. The second-order valence-electron chi connectivity index (χ2n) is 4.43. The summed E-state index contributed by atoms with van der Waals surface area (Å²) in [6.07, 6.45) is -4.33. The normalized spacial score (nSPS) is 13.4. The van der Waals surface area contributed by atoms with Crippen LogP contribution in [-0.4, -0.2) is 35.9 Å². The molecule has 1 rings (SSSR count). The third-order valence-electron chi connectivity index (χ3n) is 2.72. The van der Waals surface area contributed by atoms with E-state index in [0.29, 0.717) is 12.1 Å². The molecule has 0 aromatic heterocycles. The van der Waals surface area contributed by atoms with Crippen LogP contribution >= 0.6 is 11.8 Å². The Morgan fingerprint density at radius 1 is 1.15 bits per heavy atom. The molecule has 6 heteroatoms. The standard InChI is InChI=1S/C14H20F3NOS/c15-14(16,17)11-13(12-5-2-1-3-6-12)18-7-10-20-9-4-8-19/h1-3,5-6,13,18-19H,4,7-11H2. The zero-order valence-corrected chi connectivity index (χ0v) is 12.0. The zero-order valence-electron chi connectivity index (χ0n) is 11.2. The summed E-state index contributed by atoms with van der Waals surface area (Å²) in [6.45, 7) is 0.673. The Bertz CT molecular complexity index is 359. The minimum Gasteiger partial charge on any atom is -0.396 e. The minimum atomic E-state index is -4.18. The van der Waals surface area contributed by atoms with Crippen molar-refractivity contribution in [1.82, 2.24) is 5.32 Å². The highest BCUT2D eigenvalue weighted by Gasteiger charge is 2.32. The van der Waals surface area contributed by atoms with Crippen LogP contribution in [0.2, 0.25) is 0 Å². The van der Waals surface area contributed by atoms with Gasteiger partial charge >= 0.3 is 6.18 Å². The smallest absolute Gasteiger partial charge is 0.390 e. The molecule has 0 saturated carbocycles. The molecule has 0 amide bonds. The van der Waals surface area contributed by atoms with Gasteiger partial charge in [0.05, 0.1) is 6.42 Å². The zero-order chi connectivity index (χ0) is 14.8. The Hall–Kier alpha value is -0.720. The summed E-state index contributed by atoms with van der Waals surface area (Å²) < 4.78 is 37.8. The molecule has 0 radical (unpaired) electrons.